The predicted molar refractivity (Wildman–Crippen MR) is 80.5 cm³/mol. The molecule has 4 nitrogen and oxygen atoms in total. The first-order chi connectivity index (χ1) is 11.4. The lowest BCUT2D eigenvalue weighted by Crippen LogP contribution is -3.13. The summed E-state index contributed by atoms with van der Waals surface area (Å²) in [4.78, 5) is 15.3. The van der Waals surface area contributed by atoms with Gasteiger partial charge in [-0.25, -0.2) is 0 Å². The summed E-state index contributed by atoms with van der Waals surface area (Å²) in [6, 6.07) is 8.34. The number of halogens is 3. The van der Waals surface area contributed by atoms with E-state index in [1.807, 2.05) is 12.1 Å². The van der Waals surface area contributed by atoms with Crippen LogP contribution in [0.25, 0.3) is 0 Å². The lowest BCUT2D eigenvalue weighted by molar-refractivity contribution is -0.918. The van der Waals surface area contributed by atoms with Crippen molar-refractivity contribution in [2.45, 2.75) is 12.7 Å². The van der Waals surface area contributed by atoms with E-state index in [2.05, 4.69) is 0 Å². The summed E-state index contributed by atoms with van der Waals surface area (Å²) in [5.74, 6) is 0.542. The molecular formula is C17H18F3N2O2+. The third kappa shape index (κ3) is 3.79. The number of rotatable bonds is 3. The average Bonchev–Trinajstić information content (AvgIpc) is 3.07. The summed E-state index contributed by atoms with van der Waals surface area (Å²) in [7, 11) is 0. The smallest absolute Gasteiger partial charge is 0.416 e. The van der Waals surface area contributed by atoms with E-state index in [0.717, 1.165) is 37.5 Å². The largest absolute Gasteiger partial charge is 0.463 e. The van der Waals surface area contributed by atoms with Crippen LogP contribution in [0, 0.1) is 0 Å². The van der Waals surface area contributed by atoms with Crippen LogP contribution in [0.3, 0.4) is 0 Å². The van der Waals surface area contributed by atoms with Crippen molar-refractivity contribution >= 4 is 5.91 Å². The first-order valence-corrected chi connectivity index (χ1v) is 7.76. The van der Waals surface area contributed by atoms with Crippen molar-refractivity contribution in [3.63, 3.8) is 0 Å². The predicted octanol–water partition coefficient (Wildman–Crippen LogP) is 1.84. The number of amides is 1. The highest BCUT2D eigenvalue weighted by atomic mass is 19.4. The molecule has 1 aliphatic heterocycles. The minimum absolute atomic E-state index is 0.0827. The lowest BCUT2D eigenvalue weighted by Gasteiger charge is -2.32. The van der Waals surface area contributed by atoms with E-state index in [0.29, 0.717) is 13.1 Å². The van der Waals surface area contributed by atoms with Crippen molar-refractivity contribution in [3.05, 3.63) is 59.5 Å². The van der Waals surface area contributed by atoms with Crippen LogP contribution >= 0.6 is 0 Å². The van der Waals surface area contributed by atoms with E-state index in [1.54, 1.807) is 11.2 Å². The Balaban J connectivity index is 1.61. The highest BCUT2D eigenvalue weighted by molar-refractivity contribution is 5.94. The van der Waals surface area contributed by atoms with Crippen LogP contribution in [0.2, 0.25) is 0 Å². The zero-order valence-electron chi connectivity index (χ0n) is 13.0. The van der Waals surface area contributed by atoms with E-state index < -0.39 is 11.7 Å². The molecule has 1 aromatic heterocycles. The zero-order chi connectivity index (χ0) is 17.2. The molecule has 3 rings (SSSR count). The molecule has 128 valence electrons. The number of hydrogen-bond acceptors (Lipinski definition) is 2. The third-order valence-electron chi connectivity index (χ3n) is 4.20. The first-order valence-electron chi connectivity index (χ1n) is 7.76. The number of nitrogens with zero attached hydrogens (tertiary/aromatic N) is 1. The van der Waals surface area contributed by atoms with Gasteiger partial charge in [-0.15, -0.1) is 0 Å². The second kappa shape index (κ2) is 6.68. The van der Waals surface area contributed by atoms with Gasteiger partial charge in [0.2, 0.25) is 0 Å². The molecule has 1 fully saturated rings. The summed E-state index contributed by atoms with van der Waals surface area (Å²) in [5.41, 5.74) is -0.713. The second-order valence-electron chi connectivity index (χ2n) is 5.88. The highest BCUT2D eigenvalue weighted by Crippen LogP contribution is 2.29. The Kier molecular flexibility index (Phi) is 4.62. The monoisotopic (exact) mass is 339 g/mol. The Morgan fingerprint density at radius 2 is 1.92 bits per heavy atom. The highest BCUT2D eigenvalue weighted by Gasteiger charge is 2.32. The summed E-state index contributed by atoms with van der Waals surface area (Å²) >= 11 is 0. The van der Waals surface area contributed by atoms with Gasteiger partial charge in [-0.3, -0.25) is 4.79 Å². The minimum atomic E-state index is -4.44. The van der Waals surface area contributed by atoms with E-state index in [-0.39, 0.29) is 11.5 Å². The molecular weight excluding hydrogens is 321 g/mol. The normalized spacial score (nSPS) is 16.4. The third-order valence-corrected chi connectivity index (χ3v) is 4.20. The molecule has 0 unspecified atom stereocenters. The molecule has 24 heavy (non-hydrogen) atoms. The van der Waals surface area contributed by atoms with Crippen molar-refractivity contribution in [3.8, 4) is 0 Å². The molecule has 2 heterocycles. The quantitative estimate of drug-likeness (QED) is 0.927. The number of piperazine rings is 1. The molecule has 0 saturated carbocycles. The van der Waals surface area contributed by atoms with Gasteiger partial charge in [0.05, 0.1) is 38.0 Å². The molecule has 0 aliphatic carbocycles. The Morgan fingerprint density at radius 1 is 1.17 bits per heavy atom. The number of carbonyl (C=O) groups excluding carboxylic acids is 1. The summed E-state index contributed by atoms with van der Waals surface area (Å²) in [6.45, 7) is 3.27. The summed E-state index contributed by atoms with van der Waals surface area (Å²) < 4.78 is 43.6. The lowest BCUT2D eigenvalue weighted by atomic mass is 10.1. The molecule has 2 aromatic rings. The van der Waals surface area contributed by atoms with Crippen LogP contribution < -0.4 is 4.90 Å². The van der Waals surface area contributed by atoms with Crippen molar-refractivity contribution in [2.24, 2.45) is 0 Å². The van der Waals surface area contributed by atoms with Crippen LogP contribution in [0.15, 0.2) is 47.1 Å². The number of carbonyl (C=O) groups is 1. The molecule has 0 atom stereocenters. The van der Waals surface area contributed by atoms with Gasteiger partial charge >= 0.3 is 6.18 Å². The average molecular weight is 339 g/mol. The number of quaternary nitrogens is 1. The van der Waals surface area contributed by atoms with E-state index in [4.69, 9.17) is 4.42 Å². The van der Waals surface area contributed by atoms with Gasteiger partial charge in [-0.1, -0.05) is 6.07 Å². The topological polar surface area (TPSA) is 37.9 Å². The van der Waals surface area contributed by atoms with Crippen molar-refractivity contribution in [1.29, 1.82) is 0 Å². The van der Waals surface area contributed by atoms with Crippen LogP contribution in [0.4, 0.5) is 13.2 Å². The standard InChI is InChI=1S/C17H17F3N2O2/c18-17(19,20)14-4-1-3-13(11-14)16(23)22-8-6-21(7-9-22)12-15-5-2-10-24-15/h1-5,10-11H,6-9,12H2/p+1. The van der Waals surface area contributed by atoms with Crippen molar-refractivity contribution < 1.29 is 27.3 Å². The van der Waals surface area contributed by atoms with Gasteiger partial charge in [-0.2, -0.15) is 13.2 Å². The fraction of sp³-hybridized carbons (Fsp3) is 0.353. The molecule has 0 bridgehead atoms. The van der Waals surface area contributed by atoms with Crippen LogP contribution in [-0.4, -0.2) is 37.0 Å². The molecule has 1 aliphatic rings. The SMILES string of the molecule is O=C(c1cccc(C(F)(F)F)c1)N1CC[NH+](Cc2ccco2)CC1. The Labute approximate surface area is 137 Å². The number of alkyl halides is 3. The van der Waals surface area contributed by atoms with Gasteiger partial charge in [-0.05, 0) is 30.3 Å². The van der Waals surface area contributed by atoms with Gasteiger partial charge in [0, 0.05) is 5.56 Å². The van der Waals surface area contributed by atoms with E-state index >= 15 is 0 Å². The Morgan fingerprint density at radius 3 is 2.54 bits per heavy atom. The van der Waals surface area contributed by atoms with Crippen molar-refractivity contribution in [1.82, 2.24) is 4.90 Å². The van der Waals surface area contributed by atoms with E-state index in [1.165, 1.54) is 17.0 Å². The molecule has 1 aromatic carbocycles. The number of hydrogen-bond donors (Lipinski definition) is 1. The van der Waals surface area contributed by atoms with Crippen LogP contribution in [0.1, 0.15) is 21.7 Å². The van der Waals surface area contributed by atoms with Crippen LogP contribution in [0.5, 0.6) is 0 Å². The molecule has 1 amide bonds. The number of nitrogens with one attached hydrogen (secondary N) is 1. The number of furan rings is 1. The Hall–Kier alpha value is -2.28. The molecule has 7 heteroatoms. The maximum absolute atomic E-state index is 12.8. The van der Waals surface area contributed by atoms with Crippen LogP contribution in [-0.2, 0) is 12.7 Å². The van der Waals surface area contributed by atoms with Gasteiger partial charge in [0.25, 0.3) is 5.91 Å². The first kappa shape index (κ1) is 16.6. The molecule has 1 N–H and O–H groups in total. The van der Waals surface area contributed by atoms with Gasteiger partial charge < -0.3 is 14.2 Å². The fourth-order valence-corrected chi connectivity index (χ4v) is 2.87. The number of benzene rings is 1. The maximum Gasteiger partial charge on any atom is 0.416 e. The summed E-state index contributed by atoms with van der Waals surface area (Å²) in [5, 5.41) is 0. The van der Waals surface area contributed by atoms with Gasteiger partial charge in [0.15, 0.2) is 5.76 Å². The van der Waals surface area contributed by atoms with Gasteiger partial charge in [0.1, 0.15) is 6.54 Å². The zero-order valence-corrected chi connectivity index (χ0v) is 13.0. The van der Waals surface area contributed by atoms with E-state index in [9.17, 15) is 18.0 Å². The molecule has 1 saturated heterocycles. The second-order valence-corrected chi connectivity index (χ2v) is 5.88. The Bertz CT molecular complexity index is 690. The summed E-state index contributed by atoms with van der Waals surface area (Å²) in [6.07, 6.45) is -2.82. The molecule has 0 spiro atoms. The van der Waals surface area contributed by atoms with Crippen molar-refractivity contribution in [2.75, 3.05) is 26.2 Å². The fourth-order valence-electron chi connectivity index (χ4n) is 2.87. The molecule has 0 radical (unpaired) electrons. The minimum Gasteiger partial charge on any atom is -0.463 e. The maximum atomic E-state index is 12.8.